The lowest BCUT2D eigenvalue weighted by Crippen LogP contribution is -2.45. The average Bonchev–Trinajstić information content (AvgIpc) is 2.59. The van der Waals surface area contributed by atoms with Crippen molar-refractivity contribution in [3.8, 4) is 0 Å². The Morgan fingerprint density at radius 2 is 1.74 bits per heavy atom. The maximum Gasteiger partial charge on any atom is 0.264 e. The van der Waals surface area contributed by atoms with Crippen LogP contribution in [0.5, 0.6) is 0 Å². The highest BCUT2D eigenvalue weighted by molar-refractivity contribution is 9.10. The van der Waals surface area contributed by atoms with Crippen molar-refractivity contribution >= 4 is 37.5 Å². The van der Waals surface area contributed by atoms with Gasteiger partial charge in [-0.05, 0) is 50.1 Å². The molecule has 0 saturated heterocycles. The largest absolute Gasteiger partial charge is 0.352 e. The number of carbonyl (C=O) groups is 1. The van der Waals surface area contributed by atoms with Crippen molar-refractivity contribution in [2.24, 2.45) is 5.92 Å². The molecule has 1 atom stereocenters. The van der Waals surface area contributed by atoms with Crippen molar-refractivity contribution in [1.29, 1.82) is 0 Å². The summed E-state index contributed by atoms with van der Waals surface area (Å²) in [6, 6.07) is 13.5. The van der Waals surface area contributed by atoms with E-state index >= 15 is 0 Å². The molecule has 0 bridgehead atoms. The molecule has 0 saturated carbocycles. The van der Waals surface area contributed by atoms with E-state index in [4.69, 9.17) is 0 Å². The summed E-state index contributed by atoms with van der Waals surface area (Å²) in [7, 11) is -3.89. The van der Waals surface area contributed by atoms with Crippen LogP contribution in [0.4, 0.5) is 5.69 Å². The number of nitrogens with one attached hydrogen (secondary N) is 1. The average molecular weight is 453 g/mol. The van der Waals surface area contributed by atoms with Crippen LogP contribution in [0, 0.1) is 12.8 Å². The second-order valence-electron chi connectivity index (χ2n) is 6.90. The van der Waals surface area contributed by atoms with E-state index in [9.17, 15) is 13.2 Å². The van der Waals surface area contributed by atoms with Crippen molar-refractivity contribution in [2.75, 3.05) is 10.8 Å². The Labute approximate surface area is 170 Å². The smallest absolute Gasteiger partial charge is 0.264 e. The van der Waals surface area contributed by atoms with Crippen molar-refractivity contribution in [3.05, 3.63) is 58.6 Å². The summed E-state index contributed by atoms with van der Waals surface area (Å²) in [4.78, 5) is 12.7. The first-order valence-electron chi connectivity index (χ1n) is 8.75. The Kier molecular flexibility index (Phi) is 7.06. The Bertz CT molecular complexity index is 896. The molecule has 0 radical (unpaired) electrons. The third-order valence-corrected chi connectivity index (χ3v) is 6.66. The fraction of sp³-hybridized carbons (Fsp3) is 0.350. The van der Waals surface area contributed by atoms with Crippen LogP contribution in [0.15, 0.2) is 57.9 Å². The van der Waals surface area contributed by atoms with Gasteiger partial charge in [-0.25, -0.2) is 8.42 Å². The number of hydrogen-bond acceptors (Lipinski definition) is 3. The Morgan fingerprint density at radius 3 is 2.30 bits per heavy atom. The van der Waals surface area contributed by atoms with Gasteiger partial charge in [-0.2, -0.15) is 0 Å². The zero-order valence-electron chi connectivity index (χ0n) is 15.9. The standard InChI is InChI=1S/C20H25BrN2O3S/c1-14(2)16(4)22-20(24)13-23(18-7-5-6-17(21)12-18)27(25,26)19-10-8-15(3)9-11-19/h5-12,14,16H,13H2,1-4H3,(H,22,24)/t16-/m1/s1. The van der Waals surface area contributed by atoms with E-state index < -0.39 is 10.0 Å². The molecule has 27 heavy (non-hydrogen) atoms. The topological polar surface area (TPSA) is 66.5 Å². The molecule has 0 heterocycles. The van der Waals surface area contributed by atoms with Gasteiger partial charge in [0.25, 0.3) is 10.0 Å². The molecule has 1 N–H and O–H groups in total. The highest BCUT2D eigenvalue weighted by atomic mass is 79.9. The predicted octanol–water partition coefficient (Wildman–Crippen LogP) is 4.11. The summed E-state index contributed by atoms with van der Waals surface area (Å²) in [5, 5.41) is 2.87. The number of amides is 1. The van der Waals surface area contributed by atoms with Crippen LogP contribution in [0.2, 0.25) is 0 Å². The highest BCUT2D eigenvalue weighted by Crippen LogP contribution is 2.26. The number of anilines is 1. The molecule has 0 spiro atoms. The summed E-state index contributed by atoms with van der Waals surface area (Å²) in [5.41, 5.74) is 1.39. The Hall–Kier alpha value is -1.86. The molecule has 0 unspecified atom stereocenters. The number of benzene rings is 2. The highest BCUT2D eigenvalue weighted by Gasteiger charge is 2.28. The van der Waals surface area contributed by atoms with E-state index in [0.717, 1.165) is 14.3 Å². The first kappa shape index (κ1) is 21.4. The minimum Gasteiger partial charge on any atom is -0.352 e. The number of hydrogen-bond donors (Lipinski definition) is 1. The molecule has 2 aromatic rings. The van der Waals surface area contributed by atoms with Crippen LogP contribution >= 0.6 is 15.9 Å². The fourth-order valence-electron chi connectivity index (χ4n) is 2.38. The lowest BCUT2D eigenvalue weighted by Gasteiger charge is -2.26. The number of aryl methyl sites for hydroxylation is 1. The van der Waals surface area contributed by atoms with Crippen molar-refractivity contribution in [3.63, 3.8) is 0 Å². The van der Waals surface area contributed by atoms with Gasteiger partial charge in [0.05, 0.1) is 10.6 Å². The van der Waals surface area contributed by atoms with Crippen LogP contribution in [0.3, 0.4) is 0 Å². The molecule has 5 nitrogen and oxygen atoms in total. The van der Waals surface area contributed by atoms with Gasteiger partial charge in [0.1, 0.15) is 6.54 Å². The molecule has 0 aliphatic rings. The van der Waals surface area contributed by atoms with Gasteiger partial charge < -0.3 is 5.32 Å². The zero-order valence-corrected chi connectivity index (χ0v) is 18.3. The van der Waals surface area contributed by atoms with Gasteiger partial charge in [0.2, 0.25) is 5.91 Å². The maximum absolute atomic E-state index is 13.2. The van der Waals surface area contributed by atoms with Gasteiger partial charge in [-0.1, -0.05) is 53.5 Å². The van der Waals surface area contributed by atoms with Crippen molar-refractivity contribution in [1.82, 2.24) is 5.32 Å². The Morgan fingerprint density at radius 1 is 1.11 bits per heavy atom. The van der Waals surface area contributed by atoms with E-state index in [2.05, 4.69) is 21.2 Å². The van der Waals surface area contributed by atoms with Crippen LogP contribution < -0.4 is 9.62 Å². The van der Waals surface area contributed by atoms with Crippen molar-refractivity contribution in [2.45, 2.75) is 38.6 Å². The summed E-state index contributed by atoms with van der Waals surface area (Å²) >= 11 is 3.37. The lowest BCUT2D eigenvalue weighted by molar-refractivity contribution is -0.120. The number of sulfonamides is 1. The third-order valence-electron chi connectivity index (χ3n) is 4.38. The van der Waals surface area contributed by atoms with E-state index in [1.54, 1.807) is 48.5 Å². The summed E-state index contributed by atoms with van der Waals surface area (Å²) in [6.45, 7) is 7.51. The van der Waals surface area contributed by atoms with Gasteiger partial charge in [0, 0.05) is 10.5 Å². The monoisotopic (exact) mass is 452 g/mol. The molecule has 1 amide bonds. The van der Waals surface area contributed by atoms with Crippen LogP contribution in [-0.2, 0) is 14.8 Å². The summed E-state index contributed by atoms with van der Waals surface area (Å²) < 4.78 is 28.4. The Balaban J connectivity index is 2.41. The summed E-state index contributed by atoms with van der Waals surface area (Å²) in [5.74, 6) is -0.0890. The quantitative estimate of drug-likeness (QED) is 0.686. The number of halogens is 1. The van der Waals surface area contributed by atoms with E-state index in [1.165, 1.54) is 0 Å². The van der Waals surface area contributed by atoms with Gasteiger partial charge in [-0.15, -0.1) is 0 Å². The van der Waals surface area contributed by atoms with E-state index in [-0.39, 0.29) is 29.3 Å². The molecule has 7 heteroatoms. The molecule has 0 aromatic heterocycles. The first-order chi connectivity index (χ1) is 12.6. The molecule has 146 valence electrons. The summed E-state index contributed by atoms with van der Waals surface area (Å²) in [6.07, 6.45) is 0. The SMILES string of the molecule is Cc1ccc(S(=O)(=O)N(CC(=O)N[C@H](C)C(C)C)c2cccc(Br)c2)cc1. The van der Waals surface area contributed by atoms with Crippen LogP contribution in [-0.4, -0.2) is 26.9 Å². The third kappa shape index (κ3) is 5.56. The van der Waals surface area contributed by atoms with Gasteiger partial charge in [0.15, 0.2) is 0 Å². The normalized spacial score (nSPS) is 12.7. The van der Waals surface area contributed by atoms with E-state index in [1.807, 2.05) is 27.7 Å². The second kappa shape index (κ2) is 8.89. The fourth-order valence-corrected chi connectivity index (χ4v) is 4.18. The molecule has 2 aromatic carbocycles. The molecule has 0 aliphatic heterocycles. The molecular formula is C20H25BrN2O3S. The van der Waals surface area contributed by atoms with Crippen LogP contribution in [0.25, 0.3) is 0 Å². The maximum atomic E-state index is 13.2. The molecule has 0 fully saturated rings. The van der Waals surface area contributed by atoms with Crippen LogP contribution in [0.1, 0.15) is 26.3 Å². The second-order valence-corrected chi connectivity index (χ2v) is 9.68. The van der Waals surface area contributed by atoms with Gasteiger partial charge >= 0.3 is 0 Å². The minimum atomic E-state index is -3.89. The number of nitrogens with zero attached hydrogens (tertiary/aromatic N) is 1. The first-order valence-corrected chi connectivity index (χ1v) is 11.0. The van der Waals surface area contributed by atoms with Crippen molar-refractivity contribution < 1.29 is 13.2 Å². The molecule has 2 rings (SSSR count). The number of rotatable bonds is 7. The zero-order chi connectivity index (χ0) is 20.2. The number of carbonyl (C=O) groups excluding carboxylic acids is 1. The molecular weight excluding hydrogens is 428 g/mol. The predicted molar refractivity (Wildman–Crippen MR) is 112 cm³/mol. The molecule has 0 aliphatic carbocycles. The lowest BCUT2D eigenvalue weighted by atomic mass is 10.1. The van der Waals surface area contributed by atoms with Gasteiger partial charge in [-0.3, -0.25) is 9.10 Å². The van der Waals surface area contributed by atoms with E-state index in [0.29, 0.717) is 5.69 Å². The minimum absolute atomic E-state index is 0.0519.